The third-order valence-electron chi connectivity index (χ3n) is 11.2. The van der Waals surface area contributed by atoms with Crippen LogP contribution in [0.25, 0.3) is 33.1 Å². The Balaban J connectivity index is 1.11. The summed E-state index contributed by atoms with van der Waals surface area (Å²) < 4.78 is 16.3. The summed E-state index contributed by atoms with van der Waals surface area (Å²) in [5, 5.41) is 2.74. The predicted octanol–water partition coefficient (Wildman–Crippen LogP) is 8.90. The first-order valence-corrected chi connectivity index (χ1v) is 17.9. The van der Waals surface area contributed by atoms with Crippen LogP contribution in [0.1, 0.15) is 90.3 Å². The van der Waals surface area contributed by atoms with Crippen molar-refractivity contribution >= 4 is 27.8 Å². The molecule has 6 heteroatoms. The van der Waals surface area contributed by atoms with Crippen LogP contribution in [0, 0.1) is 0 Å². The Bertz CT molecular complexity index is 1870. The smallest absolute Gasteiger partial charge is 0.337 e. The molecule has 0 bridgehead atoms. The van der Waals surface area contributed by atoms with Crippen molar-refractivity contribution in [2.75, 3.05) is 33.4 Å². The van der Waals surface area contributed by atoms with Crippen molar-refractivity contribution in [2.24, 2.45) is 0 Å². The van der Waals surface area contributed by atoms with Crippen LogP contribution in [0.15, 0.2) is 72.9 Å². The molecule has 2 aromatic heterocycles. The Morgan fingerprint density at radius 1 is 0.809 bits per heavy atom. The fraction of sp³-hybridized carbons (Fsp3) is 0.439. The monoisotopic (exact) mass is 629 g/mol. The number of carbonyl (C=O) groups excluding carboxylic acids is 1. The topological polar surface area (TPSA) is 48.6 Å². The molecule has 0 unspecified atom stereocenters. The van der Waals surface area contributed by atoms with Gasteiger partial charge in [0.1, 0.15) is 0 Å². The number of esters is 1. The molecule has 0 atom stereocenters. The normalized spacial score (nSPS) is 17.9. The number of aryl methyl sites for hydroxylation is 2. The van der Waals surface area contributed by atoms with E-state index >= 15 is 0 Å². The maximum atomic E-state index is 12.6. The molecule has 4 heterocycles. The van der Waals surface area contributed by atoms with E-state index in [9.17, 15) is 4.79 Å². The van der Waals surface area contributed by atoms with E-state index < -0.39 is 0 Å². The first-order chi connectivity index (χ1) is 23.2. The van der Waals surface area contributed by atoms with E-state index in [2.05, 4.69) is 80.9 Å². The highest BCUT2D eigenvalue weighted by atomic mass is 16.5. The van der Waals surface area contributed by atoms with Crippen molar-refractivity contribution in [3.63, 3.8) is 0 Å². The SMILES string of the molecule is COC(=O)c1ccc2c(C3CCCCC3)c3n(c2c1)CCCn1cc(C2CCN(CCOCc4ccccc4)CC2)c2cccc-3c21. The van der Waals surface area contributed by atoms with Crippen LogP contribution in [0.5, 0.6) is 0 Å². The van der Waals surface area contributed by atoms with E-state index in [-0.39, 0.29) is 5.97 Å². The number of rotatable bonds is 8. The Labute approximate surface area is 278 Å². The van der Waals surface area contributed by atoms with Crippen molar-refractivity contribution in [3.05, 3.63) is 95.2 Å². The second kappa shape index (κ2) is 13.3. The average Bonchev–Trinajstić information content (AvgIpc) is 3.65. The highest BCUT2D eigenvalue weighted by Gasteiger charge is 2.31. The van der Waals surface area contributed by atoms with Gasteiger partial charge in [-0.05, 0) is 85.9 Å². The highest BCUT2D eigenvalue weighted by molar-refractivity contribution is 6.03. The van der Waals surface area contributed by atoms with E-state index in [4.69, 9.17) is 9.47 Å². The molecule has 8 rings (SSSR count). The van der Waals surface area contributed by atoms with Gasteiger partial charge in [0.05, 0.1) is 37.1 Å². The number of hydrogen-bond acceptors (Lipinski definition) is 4. The van der Waals surface area contributed by atoms with Crippen LogP contribution < -0.4 is 0 Å². The minimum absolute atomic E-state index is 0.265. The van der Waals surface area contributed by atoms with E-state index in [0.29, 0.717) is 24.0 Å². The van der Waals surface area contributed by atoms with Gasteiger partial charge < -0.3 is 23.5 Å². The number of methoxy groups -OCH3 is 1. The van der Waals surface area contributed by atoms with Gasteiger partial charge in [0.2, 0.25) is 0 Å². The number of ether oxygens (including phenoxy) is 2. The van der Waals surface area contributed by atoms with Crippen LogP contribution in [-0.2, 0) is 29.2 Å². The van der Waals surface area contributed by atoms with Crippen LogP contribution in [0.4, 0.5) is 0 Å². The second-order valence-corrected chi connectivity index (χ2v) is 14.0. The molecule has 0 spiro atoms. The number of aromatic nitrogens is 2. The lowest BCUT2D eigenvalue weighted by atomic mass is 9.81. The van der Waals surface area contributed by atoms with Crippen molar-refractivity contribution < 1.29 is 14.3 Å². The van der Waals surface area contributed by atoms with Gasteiger partial charge in [0.15, 0.2) is 0 Å². The van der Waals surface area contributed by atoms with Gasteiger partial charge in [-0.1, -0.05) is 73.9 Å². The highest BCUT2D eigenvalue weighted by Crippen LogP contribution is 2.48. The Kier molecular flexibility index (Phi) is 8.64. The zero-order valence-electron chi connectivity index (χ0n) is 27.8. The van der Waals surface area contributed by atoms with Crippen LogP contribution >= 0.6 is 0 Å². The van der Waals surface area contributed by atoms with Crippen molar-refractivity contribution in [2.45, 2.75) is 82.9 Å². The number of para-hydroxylation sites is 1. The molecule has 3 aromatic carbocycles. The fourth-order valence-corrected chi connectivity index (χ4v) is 8.85. The standard InChI is InChI=1S/C41H47N3O3/c1-46-41(45)32-16-17-34-37(26-32)44-21-9-20-43-27-36(30-18-22-42(23-19-30)24-25-47-28-29-10-4-2-5-11-29)33-14-8-15-35(39(33)43)40(44)38(34)31-12-6-3-7-13-31/h2,4-5,8,10-11,14-17,26-27,30-31H,3,6-7,9,12-13,18-25,28H2,1H3. The number of piperidine rings is 1. The molecule has 0 radical (unpaired) electrons. The van der Waals surface area contributed by atoms with E-state index in [0.717, 1.165) is 45.8 Å². The molecule has 2 aliphatic heterocycles. The minimum atomic E-state index is -0.265. The van der Waals surface area contributed by atoms with Gasteiger partial charge >= 0.3 is 5.97 Å². The Morgan fingerprint density at radius 3 is 2.45 bits per heavy atom. The summed E-state index contributed by atoms with van der Waals surface area (Å²) in [6.07, 6.45) is 12.3. The lowest BCUT2D eigenvalue weighted by Gasteiger charge is -2.31. The number of benzene rings is 3. The van der Waals surface area contributed by atoms with Gasteiger partial charge in [-0.3, -0.25) is 0 Å². The minimum Gasteiger partial charge on any atom is -0.465 e. The van der Waals surface area contributed by atoms with Crippen molar-refractivity contribution in [1.82, 2.24) is 14.0 Å². The molecular weight excluding hydrogens is 582 g/mol. The van der Waals surface area contributed by atoms with Crippen LogP contribution in [-0.4, -0.2) is 53.4 Å². The molecule has 0 N–H and O–H groups in total. The van der Waals surface area contributed by atoms with E-state index in [1.165, 1.54) is 102 Å². The summed E-state index contributed by atoms with van der Waals surface area (Å²) in [6.45, 7) is 6.64. The van der Waals surface area contributed by atoms with Crippen molar-refractivity contribution in [3.8, 4) is 11.3 Å². The molecule has 2 fully saturated rings. The number of fused-ring (bicyclic) bond motifs is 4. The zero-order chi connectivity index (χ0) is 31.7. The summed E-state index contributed by atoms with van der Waals surface area (Å²) in [5.41, 5.74) is 10.2. The molecule has 0 amide bonds. The fourth-order valence-electron chi connectivity index (χ4n) is 8.85. The number of hydrogen-bond donors (Lipinski definition) is 0. The van der Waals surface area contributed by atoms with E-state index in [1.54, 1.807) is 0 Å². The lowest BCUT2D eigenvalue weighted by molar-refractivity contribution is 0.0601. The predicted molar refractivity (Wildman–Crippen MR) is 189 cm³/mol. The maximum Gasteiger partial charge on any atom is 0.337 e. The molecule has 1 saturated heterocycles. The zero-order valence-corrected chi connectivity index (χ0v) is 27.8. The first kappa shape index (κ1) is 30.5. The third kappa shape index (κ3) is 5.80. The summed E-state index contributed by atoms with van der Waals surface area (Å²) in [5.74, 6) is 0.853. The molecule has 1 aliphatic carbocycles. The molecule has 5 aromatic rings. The first-order valence-electron chi connectivity index (χ1n) is 17.9. The Hall–Kier alpha value is -3.87. The van der Waals surface area contributed by atoms with Gasteiger partial charge in [-0.15, -0.1) is 0 Å². The number of carbonyl (C=O) groups is 1. The third-order valence-corrected chi connectivity index (χ3v) is 11.2. The van der Waals surface area contributed by atoms with Gasteiger partial charge in [-0.25, -0.2) is 4.79 Å². The van der Waals surface area contributed by atoms with Gasteiger partial charge in [-0.2, -0.15) is 0 Å². The number of nitrogens with zero attached hydrogens (tertiary/aromatic N) is 3. The quantitative estimate of drug-likeness (QED) is 0.127. The lowest BCUT2D eigenvalue weighted by Crippen LogP contribution is -2.35. The summed E-state index contributed by atoms with van der Waals surface area (Å²) >= 11 is 0. The van der Waals surface area contributed by atoms with E-state index in [1.807, 2.05) is 6.07 Å². The Morgan fingerprint density at radius 2 is 1.64 bits per heavy atom. The van der Waals surface area contributed by atoms with Crippen LogP contribution in [0.2, 0.25) is 0 Å². The van der Waals surface area contributed by atoms with Gasteiger partial charge in [0.25, 0.3) is 0 Å². The summed E-state index contributed by atoms with van der Waals surface area (Å²) in [6, 6.07) is 23.8. The van der Waals surface area contributed by atoms with Crippen LogP contribution in [0.3, 0.4) is 0 Å². The maximum absolute atomic E-state index is 12.6. The summed E-state index contributed by atoms with van der Waals surface area (Å²) in [7, 11) is 1.47. The molecule has 47 heavy (non-hydrogen) atoms. The molecule has 244 valence electrons. The van der Waals surface area contributed by atoms with Crippen molar-refractivity contribution in [1.29, 1.82) is 0 Å². The molecule has 1 saturated carbocycles. The second-order valence-electron chi connectivity index (χ2n) is 14.0. The van der Waals surface area contributed by atoms with Gasteiger partial charge in [0, 0.05) is 47.7 Å². The molecule has 6 nitrogen and oxygen atoms in total. The molecular formula is C41H47N3O3. The molecule has 3 aliphatic rings. The average molecular weight is 630 g/mol. The number of likely N-dealkylation sites (tertiary alicyclic amines) is 1. The summed E-state index contributed by atoms with van der Waals surface area (Å²) in [4.78, 5) is 15.2. The largest absolute Gasteiger partial charge is 0.465 e.